The normalized spacial score (nSPS) is 15.5. The molecule has 0 aromatic carbocycles. The minimum absolute atomic E-state index is 0.0324. The Kier molecular flexibility index (Phi) is 3.70. The van der Waals surface area contributed by atoms with Crippen molar-refractivity contribution in [2.75, 3.05) is 6.54 Å². The third-order valence-corrected chi connectivity index (χ3v) is 4.67. The van der Waals surface area contributed by atoms with Gasteiger partial charge in [-0.2, -0.15) is 16.4 Å². The third kappa shape index (κ3) is 3.05. The summed E-state index contributed by atoms with van der Waals surface area (Å²) in [7, 11) is 0. The minimum atomic E-state index is -0.215. The fraction of sp³-hybridized carbons (Fsp3) is 0.312. The molecule has 1 atom stereocenters. The molecule has 1 fully saturated rings. The Morgan fingerprint density at radius 3 is 3.13 bits per heavy atom. The number of nitrogens with one attached hydrogen (secondary N) is 1. The van der Waals surface area contributed by atoms with Crippen LogP contribution in [0.25, 0.3) is 0 Å². The van der Waals surface area contributed by atoms with E-state index in [1.54, 1.807) is 23.6 Å². The maximum Gasteiger partial charge on any atom is 0.273 e. The molecule has 1 amide bonds. The second kappa shape index (κ2) is 6.00. The first kappa shape index (κ1) is 14.2. The van der Waals surface area contributed by atoms with Gasteiger partial charge in [-0.1, -0.05) is 5.16 Å². The van der Waals surface area contributed by atoms with Crippen LogP contribution in [0.4, 0.5) is 0 Å². The van der Waals surface area contributed by atoms with Crippen molar-refractivity contribution in [3.05, 3.63) is 58.4 Å². The highest BCUT2D eigenvalue weighted by molar-refractivity contribution is 7.07. The Morgan fingerprint density at radius 1 is 1.52 bits per heavy atom. The monoisotopic (exact) mass is 328 g/mol. The molecule has 0 saturated heterocycles. The van der Waals surface area contributed by atoms with E-state index in [-0.39, 0.29) is 11.9 Å². The summed E-state index contributed by atoms with van der Waals surface area (Å²) in [4.78, 5) is 12.3. The van der Waals surface area contributed by atoms with E-state index in [9.17, 15) is 4.79 Å². The number of rotatable bonds is 6. The number of thiophene rings is 1. The van der Waals surface area contributed by atoms with E-state index in [4.69, 9.17) is 4.52 Å². The highest BCUT2D eigenvalue weighted by Crippen LogP contribution is 2.40. The van der Waals surface area contributed by atoms with Crippen molar-refractivity contribution in [2.24, 2.45) is 0 Å². The molecule has 3 aromatic heterocycles. The fourth-order valence-corrected chi connectivity index (χ4v) is 3.24. The molecular weight excluding hydrogens is 312 g/mol. The van der Waals surface area contributed by atoms with E-state index in [1.165, 1.54) is 0 Å². The van der Waals surface area contributed by atoms with Crippen molar-refractivity contribution in [3.63, 3.8) is 0 Å². The van der Waals surface area contributed by atoms with Crippen LogP contribution in [0, 0.1) is 0 Å². The van der Waals surface area contributed by atoms with Gasteiger partial charge in [0.25, 0.3) is 5.91 Å². The molecule has 3 aromatic rings. The lowest BCUT2D eigenvalue weighted by Crippen LogP contribution is -2.31. The van der Waals surface area contributed by atoms with Crippen molar-refractivity contribution in [1.82, 2.24) is 20.3 Å². The largest absolute Gasteiger partial charge is 0.360 e. The van der Waals surface area contributed by atoms with Crippen molar-refractivity contribution < 1.29 is 9.32 Å². The summed E-state index contributed by atoms with van der Waals surface area (Å²) in [5, 5.41) is 15.2. The van der Waals surface area contributed by atoms with Gasteiger partial charge in [-0.15, -0.1) is 0 Å². The van der Waals surface area contributed by atoms with Crippen LogP contribution in [0.5, 0.6) is 0 Å². The lowest BCUT2D eigenvalue weighted by molar-refractivity contribution is 0.0940. The summed E-state index contributed by atoms with van der Waals surface area (Å²) < 4.78 is 7.08. The molecular formula is C16H16N4O2S. The molecule has 1 aliphatic carbocycles. The zero-order valence-corrected chi connectivity index (χ0v) is 13.2. The fourth-order valence-electron chi connectivity index (χ4n) is 2.53. The Bertz CT molecular complexity index is 741. The lowest BCUT2D eigenvalue weighted by atomic mass is 10.1. The molecule has 3 heterocycles. The maximum absolute atomic E-state index is 12.3. The first-order valence-electron chi connectivity index (χ1n) is 7.57. The van der Waals surface area contributed by atoms with Gasteiger partial charge in [0.2, 0.25) is 0 Å². The van der Waals surface area contributed by atoms with Gasteiger partial charge in [0, 0.05) is 30.9 Å². The molecule has 118 valence electrons. The predicted molar refractivity (Wildman–Crippen MR) is 85.5 cm³/mol. The van der Waals surface area contributed by atoms with Gasteiger partial charge in [0.05, 0.1) is 6.04 Å². The lowest BCUT2D eigenvalue weighted by Gasteiger charge is -2.17. The summed E-state index contributed by atoms with van der Waals surface area (Å²) in [5.74, 6) is 1.05. The average molecular weight is 328 g/mol. The molecule has 1 unspecified atom stereocenters. The van der Waals surface area contributed by atoms with E-state index in [1.807, 2.05) is 28.4 Å². The molecule has 0 spiro atoms. The Hall–Kier alpha value is -2.41. The number of nitrogens with zero attached hydrogens (tertiary/aromatic N) is 3. The van der Waals surface area contributed by atoms with Gasteiger partial charge in [-0.25, -0.2) is 0 Å². The molecule has 1 saturated carbocycles. The summed E-state index contributed by atoms with van der Waals surface area (Å²) in [5.41, 5.74) is 1.47. The number of hydrogen-bond acceptors (Lipinski definition) is 5. The molecule has 1 aliphatic rings. The van der Waals surface area contributed by atoms with Crippen LogP contribution in [-0.2, 0) is 0 Å². The molecule has 0 bridgehead atoms. The van der Waals surface area contributed by atoms with Gasteiger partial charge in [-0.3, -0.25) is 9.48 Å². The summed E-state index contributed by atoms with van der Waals surface area (Å²) in [6, 6.07) is 5.64. The highest BCUT2D eigenvalue weighted by Gasteiger charge is 2.29. The van der Waals surface area contributed by atoms with Crippen LogP contribution in [0.2, 0.25) is 0 Å². The van der Waals surface area contributed by atoms with Crippen LogP contribution in [-0.4, -0.2) is 27.4 Å². The van der Waals surface area contributed by atoms with Crippen LogP contribution >= 0.6 is 11.3 Å². The maximum atomic E-state index is 12.3. The Morgan fingerprint density at radius 2 is 2.43 bits per heavy atom. The first-order valence-corrected chi connectivity index (χ1v) is 8.51. The SMILES string of the molecule is O=C(NCC(c1ccsc1)n1cccn1)c1cc(C2CC2)on1. The van der Waals surface area contributed by atoms with Gasteiger partial charge >= 0.3 is 0 Å². The second-order valence-electron chi connectivity index (χ2n) is 5.66. The molecule has 7 heteroatoms. The van der Waals surface area contributed by atoms with Crippen molar-refractivity contribution in [2.45, 2.75) is 24.8 Å². The smallest absolute Gasteiger partial charge is 0.273 e. The molecule has 4 rings (SSSR count). The number of hydrogen-bond donors (Lipinski definition) is 1. The van der Waals surface area contributed by atoms with Crippen molar-refractivity contribution >= 4 is 17.2 Å². The van der Waals surface area contributed by atoms with E-state index in [0.29, 0.717) is 18.2 Å². The molecule has 1 N–H and O–H groups in total. The van der Waals surface area contributed by atoms with Crippen LogP contribution in [0.1, 0.15) is 46.6 Å². The van der Waals surface area contributed by atoms with E-state index < -0.39 is 0 Å². The summed E-state index contributed by atoms with van der Waals surface area (Å²) in [6.45, 7) is 0.447. The summed E-state index contributed by atoms with van der Waals surface area (Å²) >= 11 is 1.63. The Balaban J connectivity index is 1.45. The molecule has 0 aliphatic heterocycles. The first-order chi connectivity index (χ1) is 11.3. The third-order valence-electron chi connectivity index (χ3n) is 3.97. The number of carbonyl (C=O) groups excluding carboxylic acids is 1. The van der Waals surface area contributed by atoms with E-state index in [2.05, 4.69) is 21.0 Å². The van der Waals surface area contributed by atoms with Gasteiger partial charge in [0.1, 0.15) is 5.76 Å². The number of carbonyl (C=O) groups is 1. The van der Waals surface area contributed by atoms with Crippen molar-refractivity contribution in [3.8, 4) is 0 Å². The van der Waals surface area contributed by atoms with Gasteiger partial charge < -0.3 is 9.84 Å². The molecule has 6 nitrogen and oxygen atoms in total. The minimum Gasteiger partial charge on any atom is -0.360 e. The van der Waals surface area contributed by atoms with Gasteiger partial charge in [0.15, 0.2) is 5.69 Å². The Labute approximate surface area is 137 Å². The number of aromatic nitrogens is 3. The van der Waals surface area contributed by atoms with E-state index >= 15 is 0 Å². The van der Waals surface area contributed by atoms with Crippen LogP contribution in [0.15, 0.2) is 45.9 Å². The second-order valence-corrected chi connectivity index (χ2v) is 6.44. The topological polar surface area (TPSA) is 73.0 Å². The van der Waals surface area contributed by atoms with Crippen molar-refractivity contribution in [1.29, 1.82) is 0 Å². The quantitative estimate of drug-likeness (QED) is 0.755. The average Bonchev–Trinajstić information content (AvgIpc) is 3.06. The van der Waals surface area contributed by atoms with Crippen LogP contribution < -0.4 is 5.32 Å². The highest BCUT2D eigenvalue weighted by atomic mass is 32.1. The predicted octanol–water partition coefficient (Wildman–Crippen LogP) is 2.83. The zero-order valence-electron chi connectivity index (χ0n) is 12.4. The van der Waals surface area contributed by atoms with Crippen LogP contribution in [0.3, 0.4) is 0 Å². The van der Waals surface area contributed by atoms with E-state index in [0.717, 1.165) is 24.2 Å². The standard InChI is InChI=1S/C16H16N4O2S/c21-16(13-8-15(22-19-13)11-2-3-11)17-9-14(12-4-7-23-10-12)20-6-1-5-18-20/h1,4-8,10-11,14H,2-3,9H2,(H,17,21). The molecule has 23 heavy (non-hydrogen) atoms. The van der Waals surface area contributed by atoms with Gasteiger partial charge in [-0.05, 0) is 41.3 Å². The number of amides is 1. The molecule has 0 radical (unpaired) electrons. The summed E-state index contributed by atoms with van der Waals surface area (Å²) in [6.07, 6.45) is 5.88. The zero-order chi connectivity index (χ0) is 15.6.